The van der Waals surface area contributed by atoms with Gasteiger partial charge in [-0.3, -0.25) is 24.1 Å². The lowest BCUT2D eigenvalue weighted by Crippen LogP contribution is -2.60. The van der Waals surface area contributed by atoms with Gasteiger partial charge in [0, 0.05) is 16.5 Å². The van der Waals surface area contributed by atoms with Crippen LogP contribution in [-0.4, -0.2) is 55.9 Å². The Kier molecular flexibility index (Phi) is 6.77. The smallest absolute Gasteiger partial charge is 0.254 e. The Morgan fingerprint density at radius 3 is 2.46 bits per heavy atom. The first kappa shape index (κ1) is 28.5. The van der Waals surface area contributed by atoms with Gasteiger partial charge >= 0.3 is 0 Å². The lowest BCUT2D eigenvalue weighted by molar-refractivity contribution is -0.138. The van der Waals surface area contributed by atoms with Crippen LogP contribution < -0.4 is 9.64 Å². The molecule has 1 N–H and O–H groups in total. The van der Waals surface area contributed by atoms with Crippen molar-refractivity contribution in [1.29, 1.82) is 0 Å². The molecule has 12 heteroatoms. The van der Waals surface area contributed by atoms with Gasteiger partial charge in [0.25, 0.3) is 11.8 Å². The molecule has 0 spiro atoms. The van der Waals surface area contributed by atoms with Crippen LogP contribution in [0.3, 0.4) is 0 Å². The Morgan fingerprint density at radius 1 is 1.07 bits per heavy atom. The number of benzene rings is 2. The average molecular weight is 683 g/mol. The second-order valence-electron chi connectivity index (χ2n) is 10.8. The molecule has 2 aliphatic heterocycles. The molecule has 2 aromatic rings. The zero-order valence-corrected chi connectivity index (χ0v) is 25.7. The van der Waals surface area contributed by atoms with E-state index in [1.807, 2.05) is 6.92 Å². The second kappa shape index (κ2) is 9.73. The number of imide groups is 2. The number of amides is 4. The number of alkyl halides is 3. The van der Waals surface area contributed by atoms with E-state index in [0.29, 0.717) is 16.3 Å². The number of likely N-dealkylation sites (tertiary alicyclic amines) is 1. The summed E-state index contributed by atoms with van der Waals surface area (Å²) in [6.07, 6.45) is 1.83. The summed E-state index contributed by atoms with van der Waals surface area (Å²) >= 11 is 24.0. The van der Waals surface area contributed by atoms with Crippen molar-refractivity contribution >= 4 is 80.0 Å². The molecule has 2 saturated heterocycles. The van der Waals surface area contributed by atoms with Crippen LogP contribution in [0.5, 0.6) is 11.5 Å². The summed E-state index contributed by atoms with van der Waals surface area (Å²) in [6.45, 7) is 1.82. The van der Waals surface area contributed by atoms with E-state index in [9.17, 15) is 24.3 Å². The molecule has 0 bridgehead atoms. The van der Waals surface area contributed by atoms with E-state index in [1.165, 1.54) is 13.2 Å². The number of hydrogen-bond acceptors (Lipinski definition) is 6. The molecule has 2 heterocycles. The SMILES string of the molecule is COc1cccc(O)c1[C@H]1C2=CC[C@@H]3C(=O)N(c4ccc(C)c(Cl)c4)C(=O)[C@@H]3[C@@H]2C[C@@]2(Cl)C(=O)N(CBr)C(=O)[C@@]12Cl. The number of aryl methyl sites for hydroxylation is 1. The molecule has 6 rings (SSSR count). The summed E-state index contributed by atoms with van der Waals surface area (Å²) in [4.78, 5) is 53.5. The van der Waals surface area contributed by atoms with Crippen LogP contribution in [0.25, 0.3) is 0 Å². The van der Waals surface area contributed by atoms with Gasteiger partial charge in [0.2, 0.25) is 11.8 Å². The third-order valence-corrected chi connectivity index (χ3v) is 11.3. The highest BCUT2D eigenvalue weighted by Crippen LogP contribution is 2.67. The first-order chi connectivity index (χ1) is 19.4. The quantitative estimate of drug-likeness (QED) is 0.204. The zero-order chi connectivity index (χ0) is 29.6. The van der Waals surface area contributed by atoms with E-state index in [1.54, 1.807) is 36.4 Å². The fourth-order valence-electron chi connectivity index (χ4n) is 7.05. The fraction of sp³-hybridized carbons (Fsp3) is 0.379. The van der Waals surface area contributed by atoms with Crippen molar-refractivity contribution in [2.24, 2.45) is 17.8 Å². The van der Waals surface area contributed by atoms with Crippen molar-refractivity contribution in [1.82, 2.24) is 4.90 Å². The maximum Gasteiger partial charge on any atom is 0.254 e. The minimum absolute atomic E-state index is 0.145. The molecule has 4 amide bonds. The molecule has 4 aliphatic rings. The summed E-state index contributed by atoms with van der Waals surface area (Å²) in [7, 11) is 1.41. The largest absolute Gasteiger partial charge is 0.508 e. The third kappa shape index (κ3) is 3.65. The monoisotopic (exact) mass is 680 g/mol. The fourth-order valence-corrected chi connectivity index (χ4v) is 8.63. The van der Waals surface area contributed by atoms with Gasteiger partial charge in [-0.15, -0.1) is 23.2 Å². The van der Waals surface area contributed by atoms with E-state index in [0.717, 1.165) is 15.4 Å². The Balaban J connectivity index is 1.55. The van der Waals surface area contributed by atoms with Crippen LogP contribution >= 0.6 is 50.7 Å². The molecular formula is C29H24BrCl3N2O6. The number of hydrogen-bond donors (Lipinski definition) is 1. The van der Waals surface area contributed by atoms with Gasteiger partial charge in [-0.05, 0) is 55.5 Å². The Bertz CT molecular complexity index is 1580. The number of nitrogens with zero attached hydrogens (tertiary/aromatic N) is 2. The number of methoxy groups -OCH3 is 1. The molecule has 2 aliphatic carbocycles. The van der Waals surface area contributed by atoms with E-state index in [-0.39, 0.29) is 41.3 Å². The molecule has 8 nitrogen and oxygen atoms in total. The van der Waals surface area contributed by atoms with Crippen LogP contribution in [0.1, 0.15) is 29.9 Å². The van der Waals surface area contributed by atoms with E-state index >= 15 is 0 Å². The number of ether oxygens (including phenoxy) is 1. The van der Waals surface area contributed by atoms with Crippen LogP contribution in [0, 0.1) is 24.7 Å². The topological polar surface area (TPSA) is 104 Å². The highest BCUT2D eigenvalue weighted by molar-refractivity contribution is 9.09. The van der Waals surface area contributed by atoms with Crippen molar-refractivity contribution < 1.29 is 29.0 Å². The maximum atomic E-state index is 14.1. The number of aromatic hydroxyl groups is 1. The first-order valence-corrected chi connectivity index (χ1v) is 15.2. The van der Waals surface area contributed by atoms with E-state index < -0.39 is 51.1 Å². The van der Waals surface area contributed by atoms with Crippen molar-refractivity contribution in [2.75, 3.05) is 17.5 Å². The zero-order valence-electron chi connectivity index (χ0n) is 21.9. The van der Waals surface area contributed by atoms with Crippen LogP contribution in [0.15, 0.2) is 48.0 Å². The number of halogens is 4. The summed E-state index contributed by atoms with van der Waals surface area (Å²) < 4.78 is 5.57. The van der Waals surface area contributed by atoms with Gasteiger partial charge < -0.3 is 9.84 Å². The first-order valence-electron chi connectivity index (χ1n) is 12.9. The molecule has 3 fully saturated rings. The predicted molar refractivity (Wildman–Crippen MR) is 157 cm³/mol. The Hall–Kier alpha value is -2.59. The van der Waals surface area contributed by atoms with Crippen molar-refractivity contribution in [2.45, 2.75) is 35.4 Å². The van der Waals surface area contributed by atoms with Crippen LogP contribution in [0.2, 0.25) is 5.02 Å². The lowest BCUT2D eigenvalue weighted by Gasteiger charge is -2.50. The van der Waals surface area contributed by atoms with Gasteiger partial charge in [-0.2, -0.15) is 0 Å². The summed E-state index contributed by atoms with van der Waals surface area (Å²) in [5, 5.41) is 11.5. The third-order valence-electron chi connectivity index (χ3n) is 8.98. The number of rotatable bonds is 4. The summed E-state index contributed by atoms with van der Waals surface area (Å²) in [5.74, 6) is -5.70. The minimum atomic E-state index is -2.05. The minimum Gasteiger partial charge on any atom is -0.508 e. The van der Waals surface area contributed by atoms with E-state index in [2.05, 4.69) is 15.9 Å². The Morgan fingerprint density at radius 2 is 1.80 bits per heavy atom. The normalized spacial score (nSPS) is 32.6. The number of allylic oxidation sites excluding steroid dienone is 2. The highest BCUT2D eigenvalue weighted by atomic mass is 79.9. The number of carbonyl (C=O) groups is 4. The number of fused-ring (bicyclic) bond motifs is 4. The molecule has 0 radical (unpaired) electrons. The van der Waals surface area contributed by atoms with Gasteiger partial charge in [-0.1, -0.05) is 51.3 Å². The highest BCUT2D eigenvalue weighted by Gasteiger charge is 2.76. The van der Waals surface area contributed by atoms with Gasteiger partial charge in [-0.25, -0.2) is 4.90 Å². The number of phenolic OH excluding ortho intramolecular Hbond substituents is 1. The van der Waals surface area contributed by atoms with Crippen molar-refractivity contribution in [3.05, 3.63) is 64.2 Å². The summed E-state index contributed by atoms with van der Waals surface area (Å²) in [5.41, 5.74) is 1.74. The van der Waals surface area contributed by atoms with Gasteiger partial charge in [0.05, 0.1) is 30.1 Å². The molecule has 1 saturated carbocycles. The molecule has 41 heavy (non-hydrogen) atoms. The summed E-state index contributed by atoms with van der Waals surface area (Å²) in [6, 6.07) is 9.60. The number of phenols is 1. The molecule has 6 atom stereocenters. The number of carbonyl (C=O) groups excluding carboxylic acids is 4. The van der Waals surface area contributed by atoms with Gasteiger partial charge in [0.15, 0.2) is 9.75 Å². The Labute approximate surface area is 259 Å². The standard InChI is InChI=1S/C29H24BrCl3N2O6/c1-13-6-7-14(10-18(13)31)35-24(37)16-9-8-15-17(21(16)25(35)38)11-28(32)26(39)34(12-30)27(40)29(28,33)23(15)22-19(36)4-3-5-20(22)41-2/h3-8,10,16-17,21,23,36H,9,11-12H2,1-2H3/t16-,17+,21-,23+,28+,29-/m0/s1. The molecule has 0 aromatic heterocycles. The molecule has 214 valence electrons. The maximum absolute atomic E-state index is 14.1. The molecule has 0 unspecified atom stereocenters. The lowest BCUT2D eigenvalue weighted by atomic mass is 9.56. The van der Waals surface area contributed by atoms with Crippen LogP contribution in [-0.2, 0) is 19.2 Å². The molecular weight excluding hydrogens is 659 g/mol. The second-order valence-corrected chi connectivity index (χ2v) is 13.0. The average Bonchev–Trinajstić information content (AvgIpc) is 3.28. The van der Waals surface area contributed by atoms with Crippen LogP contribution in [0.4, 0.5) is 5.69 Å². The van der Waals surface area contributed by atoms with Crippen molar-refractivity contribution in [3.8, 4) is 11.5 Å². The number of anilines is 1. The van der Waals surface area contributed by atoms with E-state index in [4.69, 9.17) is 39.5 Å². The van der Waals surface area contributed by atoms with Gasteiger partial charge in [0.1, 0.15) is 11.5 Å². The predicted octanol–water partition coefficient (Wildman–Crippen LogP) is 5.28. The molecule has 2 aromatic carbocycles. The van der Waals surface area contributed by atoms with Crippen molar-refractivity contribution in [3.63, 3.8) is 0 Å².